The summed E-state index contributed by atoms with van der Waals surface area (Å²) in [6, 6.07) is 0. The van der Waals surface area contributed by atoms with E-state index in [-0.39, 0.29) is 31.1 Å². The van der Waals surface area contributed by atoms with E-state index in [0.717, 1.165) is 141 Å². The van der Waals surface area contributed by atoms with E-state index in [2.05, 4.69) is 167 Å². The van der Waals surface area contributed by atoms with Crippen molar-refractivity contribution in [3.63, 3.8) is 0 Å². The summed E-state index contributed by atoms with van der Waals surface area (Å²) in [5.74, 6) is -0.926. The first kappa shape index (κ1) is 77.3. The van der Waals surface area contributed by atoms with Gasteiger partial charge in [-0.3, -0.25) is 14.4 Å². The van der Waals surface area contributed by atoms with E-state index in [1.54, 1.807) is 0 Å². The third-order valence-electron chi connectivity index (χ3n) is 14.1. The number of allylic oxidation sites excluding steroid dienone is 24. The van der Waals surface area contributed by atoms with Crippen LogP contribution in [0.5, 0.6) is 0 Å². The Morgan fingerprint density at radius 1 is 0.256 bits per heavy atom. The molecule has 0 aromatic rings. The van der Waals surface area contributed by atoms with Crippen LogP contribution in [0.2, 0.25) is 0 Å². The molecule has 0 fully saturated rings. The van der Waals surface area contributed by atoms with Gasteiger partial charge in [0.15, 0.2) is 6.10 Å². The summed E-state index contributed by atoms with van der Waals surface area (Å²) in [5, 5.41) is 0. The zero-order chi connectivity index (χ0) is 59.2. The second-order valence-electron chi connectivity index (χ2n) is 22.0. The van der Waals surface area contributed by atoms with Gasteiger partial charge >= 0.3 is 17.9 Å². The van der Waals surface area contributed by atoms with Crippen LogP contribution in [0.25, 0.3) is 0 Å². The maximum atomic E-state index is 12.9. The number of esters is 3. The number of unbranched alkanes of at least 4 members (excludes halogenated alkanes) is 25. The molecule has 0 spiro atoms. The standard InChI is InChI=1S/C76H124O6/c1-4-7-10-13-16-18-20-22-24-26-28-30-32-33-34-35-36-37-38-39-40-41-42-43-45-46-48-50-52-54-56-58-60-63-66-69-75(78)81-72-73(71-80-74(77)68-65-62-15-12-9-6-3)82-76(79)70-67-64-61-59-57-55-53-51-49-47-44-31-29-27-25-23-21-19-17-14-11-8-5-2/h7,10,16,18,21-24,27-30,33-34,36-37,39-40,42-43,46,48,52,54,73H,4-6,8-9,11-15,17,19-20,25-26,31-32,35,38,41,44-45,47,49-51,53,55-72H2,1-3H3/b10-7-,18-16-,23-21-,24-22-,29-27-,30-28-,34-33-,37-36-,40-39-,43-42-,48-46-,54-52-. The van der Waals surface area contributed by atoms with Gasteiger partial charge in [0.1, 0.15) is 13.2 Å². The SMILES string of the molecule is CC/C=C\C/C=C\C/C=C\C/C=C\C/C=C\C/C=C\C/C=C\C/C=C\C/C=C\C/C=C\CCCCCCC(=O)OCC(COC(=O)CCCCCCCC)OC(=O)CCCCCCCCCCCCC/C=C\C/C=C\CCCCCCC. The lowest BCUT2D eigenvalue weighted by atomic mass is 10.0. The molecular formula is C76H124O6. The fourth-order valence-corrected chi connectivity index (χ4v) is 9.03. The summed E-state index contributed by atoms with van der Waals surface area (Å²) < 4.78 is 16.8. The van der Waals surface area contributed by atoms with Gasteiger partial charge in [-0.15, -0.1) is 0 Å². The largest absolute Gasteiger partial charge is 0.462 e. The molecule has 0 saturated heterocycles. The monoisotopic (exact) mass is 1130 g/mol. The fraction of sp³-hybridized carbons (Fsp3) is 0.645. The van der Waals surface area contributed by atoms with Crippen LogP contribution in [-0.2, 0) is 28.6 Å². The Morgan fingerprint density at radius 3 is 0.744 bits per heavy atom. The second-order valence-corrected chi connectivity index (χ2v) is 22.0. The van der Waals surface area contributed by atoms with Crippen LogP contribution in [0, 0.1) is 0 Å². The molecule has 0 aromatic heterocycles. The van der Waals surface area contributed by atoms with Crippen molar-refractivity contribution >= 4 is 17.9 Å². The Bertz CT molecular complexity index is 1780. The highest BCUT2D eigenvalue weighted by molar-refractivity contribution is 5.71. The molecule has 0 aliphatic rings. The van der Waals surface area contributed by atoms with Crippen LogP contribution in [0.4, 0.5) is 0 Å². The summed E-state index contributed by atoms with van der Waals surface area (Å²) in [7, 11) is 0. The van der Waals surface area contributed by atoms with Crippen molar-refractivity contribution in [2.75, 3.05) is 13.2 Å². The van der Waals surface area contributed by atoms with Gasteiger partial charge in [0.25, 0.3) is 0 Å². The zero-order valence-corrected chi connectivity index (χ0v) is 53.2. The molecular weight excluding hydrogens is 1010 g/mol. The Labute approximate surface area is 506 Å². The first-order valence-electron chi connectivity index (χ1n) is 33.8. The van der Waals surface area contributed by atoms with Crippen molar-refractivity contribution in [2.24, 2.45) is 0 Å². The van der Waals surface area contributed by atoms with Gasteiger partial charge in [0.05, 0.1) is 0 Å². The Kier molecular flexibility index (Phi) is 64.8. The average Bonchev–Trinajstić information content (AvgIpc) is 3.47. The summed E-state index contributed by atoms with van der Waals surface area (Å²) in [5.41, 5.74) is 0. The lowest BCUT2D eigenvalue weighted by molar-refractivity contribution is -0.167. The molecule has 0 rings (SSSR count). The second kappa shape index (κ2) is 68.8. The van der Waals surface area contributed by atoms with Crippen LogP contribution in [-0.4, -0.2) is 37.2 Å². The predicted octanol–water partition coefficient (Wildman–Crippen LogP) is 23.5. The van der Waals surface area contributed by atoms with E-state index in [1.807, 2.05) is 0 Å². The molecule has 1 unspecified atom stereocenters. The topological polar surface area (TPSA) is 78.9 Å². The van der Waals surface area contributed by atoms with Gasteiger partial charge in [-0.1, -0.05) is 295 Å². The average molecular weight is 1130 g/mol. The van der Waals surface area contributed by atoms with E-state index >= 15 is 0 Å². The van der Waals surface area contributed by atoms with Gasteiger partial charge in [0, 0.05) is 19.3 Å². The molecule has 0 aliphatic carbocycles. The quantitative estimate of drug-likeness (QED) is 0.0261. The van der Waals surface area contributed by atoms with E-state index in [0.29, 0.717) is 19.3 Å². The molecule has 0 aliphatic heterocycles. The van der Waals surface area contributed by atoms with E-state index in [1.165, 1.54) is 116 Å². The molecule has 0 heterocycles. The highest BCUT2D eigenvalue weighted by atomic mass is 16.6. The van der Waals surface area contributed by atoms with Gasteiger partial charge < -0.3 is 14.2 Å². The maximum absolute atomic E-state index is 12.9. The van der Waals surface area contributed by atoms with Crippen LogP contribution in [0.15, 0.2) is 146 Å². The Hall–Kier alpha value is -4.71. The molecule has 6 heteroatoms. The lowest BCUT2D eigenvalue weighted by Gasteiger charge is -2.18. The minimum Gasteiger partial charge on any atom is -0.462 e. The Balaban J connectivity index is 4.16. The van der Waals surface area contributed by atoms with E-state index in [9.17, 15) is 14.4 Å². The molecule has 0 N–H and O–H groups in total. The van der Waals surface area contributed by atoms with Gasteiger partial charge in [-0.2, -0.15) is 0 Å². The first-order valence-corrected chi connectivity index (χ1v) is 33.8. The fourth-order valence-electron chi connectivity index (χ4n) is 9.03. The molecule has 0 aromatic carbocycles. The highest BCUT2D eigenvalue weighted by Gasteiger charge is 2.19. The van der Waals surface area contributed by atoms with E-state index in [4.69, 9.17) is 14.2 Å². The smallest absolute Gasteiger partial charge is 0.306 e. The van der Waals surface area contributed by atoms with Crippen molar-refractivity contribution in [3.05, 3.63) is 146 Å². The minimum atomic E-state index is -0.792. The summed E-state index contributed by atoms with van der Waals surface area (Å²) in [6.45, 7) is 6.44. The number of hydrogen-bond acceptors (Lipinski definition) is 6. The summed E-state index contributed by atoms with van der Waals surface area (Å²) >= 11 is 0. The maximum Gasteiger partial charge on any atom is 0.306 e. The molecule has 82 heavy (non-hydrogen) atoms. The minimum absolute atomic E-state index is 0.0898. The molecule has 0 radical (unpaired) electrons. The van der Waals surface area contributed by atoms with Crippen molar-refractivity contribution in [1.82, 2.24) is 0 Å². The number of hydrogen-bond donors (Lipinski definition) is 0. The van der Waals surface area contributed by atoms with E-state index < -0.39 is 6.10 Å². The van der Waals surface area contributed by atoms with Crippen molar-refractivity contribution in [1.29, 1.82) is 0 Å². The molecule has 0 saturated carbocycles. The lowest BCUT2D eigenvalue weighted by Crippen LogP contribution is -2.30. The summed E-state index contributed by atoms with van der Waals surface area (Å²) in [6.07, 6.45) is 99.0. The molecule has 464 valence electrons. The number of carbonyl (C=O) groups is 3. The van der Waals surface area contributed by atoms with Crippen molar-refractivity contribution < 1.29 is 28.6 Å². The van der Waals surface area contributed by atoms with Crippen molar-refractivity contribution in [2.45, 2.75) is 303 Å². The van der Waals surface area contributed by atoms with Gasteiger partial charge in [0.2, 0.25) is 0 Å². The van der Waals surface area contributed by atoms with Crippen LogP contribution < -0.4 is 0 Å². The normalized spacial score (nSPS) is 13.1. The predicted molar refractivity (Wildman–Crippen MR) is 357 cm³/mol. The van der Waals surface area contributed by atoms with Gasteiger partial charge in [-0.25, -0.2) is 0 Å². The number of ether oxygens (including phenoxy) is 3. The molecule has 0 bridgehead atoms. The first-order chi connectivity index (χ1) is 40.5. The van der Waals surface area contributed by atoms with Crippen LogP contribution in [0.1, 0.15) is 297 Å². The summed E-state index contributed by atoms with van der Waals surface area (Å²) in [4.78, 5) is 38.1. The molecule has 1 atom stereocenters. The van der Waals surface area contributed by atoms with Crippen LogP contribution >= 0.6 is 0 Å². The number of carbonyl (C=O) groups excluding carboxylic acids is 3. The van der Waals surface area contributed by atoms with Gasteiger partial charge in [-0.05, 0) is 128 Å². The molecule has 6 nitrogen and oxygen atoms in total. The highest BCUT2D eigenvalue weighted by Crippen LogP contribution is 2.15. The zero-order valence-electron chi connectivity index (χ0n) is 53.2. The third-order valence-corrected chi connectivity index (χ3v) is 14.1. The Morgan fingerprint density at radius 2 is 0.476 bits per heavy atom. The van der Waals surface area contributed by atoms with Crippen molar-refractivity contribution in [3.8, 4) is 0 Å². The number of rotatable bonds is 60. The third kappa shape index (κ3) is 66.1. The molecule has 0 amide bonds. The van der Waals surface area contributed by atoms with Crippen LogP contribution in [0.3, 0.4) is 0 Å².